The van der Waals surface area contributed by atoms with E-state index in [0.717, 1.165) is 44.9 Å². The molecule has 0 aliphatic carbocycles. The van der Waals surface area contributed by atoms with Gasteiger partial charge in [-0.05, 0) is 43.7 Å². The van der Waals surface area contributed by atoms with Crippen LogP contribution in [-0.2, 0) is 4.74 Å². The Balaban J connectivity index is 2.68. The summed E-state index contributed by atoms with van der Waals surface area (Å²) in [6.45, 7) is 6.57. The summed E-state index contributed by atoms with van der Waals surface area (Å²) in [4.78, 5) is 23.8. The summed E-state index contributed by atoms with van der Waals surface area (Å²) < 4.78 is 5.68. The van der Waals surface area contributed by atoms with E-state index >= 15 is 0 Å². The molecule has 0 fully saturated rings. The predicted octanol–water partition coefficient (Wildman–Crippen LogP) is 5.71. The van der Waals surface area contributed by atoms with E-state index < -0.39 is 11.9 Å². The SMILES string of the molecule is CCCCCC(CCCCC(C)C)OC(=O)c1ccccc1C(=O)O. The molecule has 1 rings (SSSR count). The summed E-state index contributed by atoms with van der Waals surface area (Å²) in [6.07, 6.45) is 8.16. The standard InChI is InChI=1S/C21H32O4/c1-4-5-6-12-17(13-8-7-11-16(2)3)25-21(24)19-15-10-9-14-18(19)20(22)23/h9-10,14-17H,4-8,11-13H2,1-3H3,(H,22,23). The summed E-state index contributed by atoms with van der Waals surface area (Å²) >= 11 is 0. The van der Waals surface area contributed by atoms with E-state index in [2.05, 4.69) is 20.8 Å². The van der Waals surface area contributed by atoms with Gasteiger partial charge < -0.3 is 9.84 Å². The Kier molecular flexibility index (Phi) is 9.90. The van der Waals surface area contributed by atoms with Gasteiger partial charge in [0.05, 0.1) is 11.1 Å². The Morgan fingerprint density at radius 2 is 1.52 bits per heavy atom. The Labute approximate surface area is 151 Å². The molecule has 1 atom stereocenters. The van der Waals surface area contributed by atoms with Crippen LogP contribution in [0.4, 0.5) is 0 Å². The third kappa shape index (κ3) is 8.19. The van der Waals surface area contributed by atoms with Crippen LogP contribution in [0.3, 0.4) is 0 Å². The number of hydrogen-bond acceptors (Lipinski definition) is 3. The molecule has 4 heteroatoms. The van der Waals surface area contributed by atoms with Gasteiger partial charge in [-0.25, -0.2) is 9.59 Å². The van der Waals surface area contributed by atoms with Gasteiger partial charge in [0.15, 0.2) is 0 Å². The Hall–Kier alpha value is -1.84. The summed E-state index contributed by atoms with van der Waals surface area (Å²) in [5.74, 6) is -0.945. The lowest BCUT2D eigenvalue weighted by Gasteiger charge is -2.19. The normalized spacial score (nSPS) is 12.2. The second kappa shape index (κ2) is 11.7. The lowest BCUT2D eigenvalue weighted by Crippen LogP contribution is -2.20. The molecule has 1 aromatic carbocycles. The molecule has 0 aliphatic rings. The van der Waals surface area contributed by atoms with E-state index in [1.54, 1.807) is 12.1 Å². The Morgan fingerprint density at radius 3 is 2.08 bits per heavy atom. The Bertz CT molecular complexity index is 536. The van der Waals surface area contributed by atoms with E-state index in [1.165, 1.54) is 18.6 Å². The summed E-state index contributed by atoms with van der Waals surface area (Å²) in [6, 6.07) is 6.24. The van der Waals surface area contributed by atoms with Crippen LogP contribution in [0.25, 0.3) is 0 Å². The molecule has 0 saturated carbocycles. The van der Waals surface area contributed by atoms with Gasteiger partial charge in [-0.3, -0.25) is 0 Å². The lowest BCUT2D eigenvalue weighted by atomic mass is 10.0. The number of benzene rings is 1. The first-order chi connectivity index (χ1) is 12.0. The number of esters is 1. The number of hydrogen-bond donors (Lipinski definition) is 1. The molecule has 25 heavy (non-hydrogen) atoms. The van der Waals surface area contributed by atoms with Crippen molar-refractivity contribution >= 4 is 11.9 Å². The minimum atomic E-state index is -1.10. The number of rotatable bonds is 12. The molecule has 0 aliphatic heterocycles. The third-order valence-electron chi connectivity index (χ3n) is 4.34. The third-order valence-corrected chi connectivity index (χ3v) is 4.34. The van der Waals surface area contributed by atoms with Crippen LogP contribution < -0.4 is 0 Å². The van der Waals surface area contributed by atoms with Gasteiger partial charge in [-0.1, -0.05) is 58.6 Å². The summed E-state index contributed by atoms with van der Waals surface area (Å²) in [7, 11) is 0. The maximum absolute atomic E-state index is 12.5. The van der Waals surface area contributed by atoms with Crippen molar-refractivity contribution in [1.29, 1.82) is 0 Å². The number of aromatic carboxylic acids is 1. The van der Waals surface area contributed by atoms with Crippen molar-refractivity contribution in [3.63, 3.8) is 0 Å². The van der Waals surface area contributed by atoms with Crippen molar-refractivity contribution in [1.82, 2.24) is 0 Å². The number of carboxylic acids is 1. The predicted molar refractivity (Wildman–Crippen MR) is 100 cm³/mol. The van der Waals surface area contributed by atoms with Crippen LogP contribution in [0.5, 0.6) is 0 Å². The number of ether oxygens (including phenoxy) is 1. The van der Waals surface area contributed by atoms with Crippen molar-refractivity contribution < 1.29 is 19.4 Å². The van der Waals surface area contributed by atoms with Crippen LogP contribution in [-0.4, -0.2) is 23.1 Å². The van der Waals surface area contributed by atoms with Gasteiger partial charge in [-0.2, -0.15) is 0 Å². The minimum absolute atomic E-state index is 0.000356. The van der Waals surface area contributed by atoms with Gasteiger partial charge in [0.2, 0.25) is 0 Å². The van der Waals surface area contributed by atoms with Crippen molar-refractivity contribution in [2.24, 2.45) is 5.92 Å². The zero-order valence-electron chi connectivity index (χ0n) is 15.8. The second-order valence-corrected chi connectivity index (χ2v) is 7.05. The van der Waals surface area contributed by atoms with Crippen molar-refractivity contribution in [3.8, 4) is 0 Å². The number of carbonyl (C=O) groups excluding carboxylic acids is 1. The van der Waals surface area contributed by atoms with Crippen LogP contribution >= 0.6 is 0 Å². The molecule has 0 radical (unpaired) electrons. The number of carboxylic acid groups (broad SMARTS) is 1. The van der Waals surface area contributed by atoms with Crippen molar-refractivity contribution in [2.45, 2.75) is 78.2 Å². The van der Waals surface area contributed by atoms with Crippen LogP contribution in [0.2, 0.25) is 0 Å². The number of unbranched alkanes of at least 4 members (excludes halogenated alkanes) is 3. The zero-order valence-corrected chi connectivity index (χ0v) is 15.8. The maximum Gasteiger partial charge on any atom is 0.339 e. The van der Waals surface area contributed by atoms with E-state index in [-0.39, 0.29) is 17.2 Å². The van der Waals surface area contributed by atoms with Crippen LogP contribution in [0.1, 0.15) is 92.9 Å². The van der Waals surface area contributed by atoms with E-state index in [9.17, 15) is 14.7 Å². The van der Waals surface area contributed by atoms with E-state index in [0.29, 0.717) is 5.92 Å². The van der Waals surface area contributed by atoms with Gasteiger partial charge in [0, 0.05) is 0 Å². The first kappa shape index (κ1) is 21.2. The summed E-state index contributed by atoms with van der Waals surface area (Å²) in [5, 5.41) is 9.24. The average molecular weight is 348 g/mol. The molecule has 0 heterocycles. The highest BCUT2D eigenvalue weighted by atomic mass is 16.5. The van der Waals surface area contributed by atoms with Gasteiger partial charge in [0.1, 0.15) is 6.10 Å². The second-order valence-electron chi connectivity index (χ2n) is 7.05. The fourth-order valence-electron chi connectivity index (χ4n) is 2.87. The van der Waals surface area contributed by atoms with Crippen molar-refractivity contribution in [3.05, 3.63) is 35.4 Å². The number of carbonyl (C=O) groups is 2. The quantitative estimate of drug-likeness (QED) is 0.388. The zero-order chi connectivity index (χ0) is 18.7. The van der Waals surface area contributed by atoms with Crippen molar-refractivity contribution in [2.75, 3.05) is 0 Å². The molecule has 1 N–H and O–H groups in total. The van der Waals surface area contributed by atoms with Gasteiger partial charge in [0.25, 0.3) is 0 Å². The minimum Gasteiger partial charge on any atom is -0.478 e. The molecule has 1 unspecified atom stereocenters. The molecule has 0 saturated heterocycles. The van der Waals surface area contributed by atoms with Crippen LogP contribution in [0, 0.1) is 5.92 Å². The highest BCUT2D eigenvalue weighted by molar-refractivity contribution is 6.02. The molecular formula is C21H32O4. The first-order valence-electron chi connectivity index (χ1n) is 9.49. The van der Waals surface area contributed by atoms with Gasteiger partial charge >= 0.3 is 11.9 Å². The average Bonchev–Trinajstić information content (AvgIpc) is 2.58. The van der Waals surface area contributed by atoms with E-state index in [1.807, 2.05) is 0 Å². The molecule has 4 nitrogen and oxygen atoms in total. The molecule has 0 bridgehead atoms. The molecular weight excluding hydrogens is 316 g/mol. The largest absolute Gasteiger partial charge is 0.478 e. The highest BCUT2D eigenvalue weighted by Gasteiger charge is 2.20. The van der Waals surface area contributed by atoms with Gasteiger partial charge in [-0.15, -0.1) is 0 Å². The molecule has 0 spiro atoms. The van der Waals surface area contributed by atoms with E-state index in [4.69, 9.17) is 4.74 Å². The molecule has 0 aromatic heterocycles. The van der Waals surface area contributed by atoms with Crippen LogP contribution in [0.15, 0.2) is 24.3 Å². The molecule has 140 valence electrons. The fraction of sp³-hybridized carbons (Fsp3) is 0.619. The fourth-order valence-corrected chi connectivity index (χ4v) is 2.87. The smallest absolute Gasteiger partial charge is 0.339 e. The highest BCUT2D eigenvalue weighted by Crippen LogP contribution is 2.19. The topological polar surface area (TPSA) is 63.6 Å². The monoisotopic (exact) mass is 348 g/mol. The molecule has 0 amide bonds. The Morgan fingerprint density at radius 1 is 0.960 bits per heavy atom. The summed E-state index contributed by atoms with van der Waals surface area (Å²) in [5.41, 5.74) is 0.136. The molecule has 1 aromatic rings. The lowest BCUT2D eigenvalue weighted by molar-refractivity contribution is 0.0244. The maximum atomic E-state index is 12.5. The first-order valence-corrected chi connectivity index (χ1v) is 9.49.